The van der Waals surface area contributed by atoms with Gasteiger partial charge in [0, 0.05) is 29.0 Å². The molecule has 0 unspecified atom stereocenters. The van der Waals surface area contributed by atoms with Gasteiger partial charge in [0.25, 0.3) is 11.6 Å². The first-order valence-electron chi connectivity index (χ1n) is 5.33. The van der Waals surface area contributed by atoms with Crippen molar-refractivity contribution in [2.45, 2.75) is 0 Å². The molecule has 1 N–H and O–H groups in total. The number of aromatic nitrogens is 1. The maximum absolute atomic E-state index is 12.0. The number of anilines is 1. The summed E-state index contributed by atoms with van der Waals surface area (Å²) >= 11 is 9.10. The van der Waals surface area contributed by atoms with Gasteiger partial charge in [-0.05, 0) is 28.1 Å². The molecule has 1 amide bonds. The Bertz CT molecular complexity index is 693. The number of non-ortho nitro benzene ring substituents is 1. The van der Waals surface area contributed by atoms with E-state index in [2.05, 4.69) is 26.2 Å². The quantitative estimate of drug-likeness (QED) is 0.672. The molecule has 6 nitrogen and oxygen atoms in total. The van der Waals surface area contributed by atoms with Crippen LogP contribution in [0.2, 0.25) is 5.02 Å². The van der Waals surface area contributed by atoms with Gasteiger partial charge in [-0.2, -0.15) is 0 Å². The lowest BCUT2D eigenvalue weighted by atomic mass is 10.2. The van der Waals surface area contributed by atoms with E-state index in [1.807, 2.05) is 0 Å². The Morgan fingerprint density at radius 1 is 1.35 bits per heavy atom. The number of nitrogens with zero attached hydrogens (tertiary/aromatic N) is 2. The van der Waals surface area contributed by atoms with Crippen molar-refractivity contribution >= 4 is 44.8 Å². The van der Waals surface area contributed by atoms with Gasteiger partial charge < -0.3 is 5.32 Å². The maximum Gasteiger partial charge on any atom is 0.271 e. The predicted octanol–water partition coefficient (Wildman–Crippen LogP) is 3.66. The summed E-state index contributed by atoms with van der Waals surface area (Å²) in [5.74, 6) is -0.408. The fraction of sp³-hybridized carbons (Fsp3) is 0. The number of nitrogens with one attached hydrogen (secondary N) is 1. The van der Waals surface area contributed by atoms with E-state index in [0.29, 0.717) is 15.7 Å². The monoisotopic (exact) mass is 355 g/mol. The SMILES string of the molecule is O=C(Nc1ccc([N+](=O)[O-])cc1Cl)c1cncc(Br)c1. The molecule has 20 heavy (non-hydrogen) atoms. The van der Waals surface area contributed by atoms with E-state index in [4.69, 9.17) is 11.6 Å². The topological polar surface area (TPSA) is 85.1 Å². The van der Waals surface area contributed by atoms with Crippen LogP contribution < -0.4 is 5.32 Å². The minimum absolute atomic E-state index is 0.0931. The highest BCUT2D eigenvalue weighted by Crippen LogP contribution is 2.27. The van der Waals surface area contributed by atoms with Crippen molar-refractivity contribution in [2.75, 3.05) is 5.32 Å². The minimum Gasteiger partial charge on any atom is -0.321 e. The molecule has 1 heterocycles. The fourth-order valence-corrected chi connectivity index (χ4v) is 2.04. The second kappa shape index (κ2) is 5.98. The van der Waals surface area contributed by atoms with Crippen LogP contribution in [-0.2, 0) is 0 Å². The van der Waals surface area contributed by atoms with Gasteiger partial charge in [-0.3, -0.25) is 19.9 Å². The molecule has 0 atom stereocenters. The van der Waals surface area contributed by atoms with E-state index in [0.717, 1.165) is 0 Å². The third kappa shape index (κ3) is 3.31. The van der Waals surface area contributed by atoms with Gasteiger partial charge in [-0.25, -0.2) is 0 Å². The molecular weight excluding hydrogens is 350 g/mol. The lowest BCUT2D eigenvalue weighted by Crippen LogP contribution is -2.12. The number of amides is 1. The van der Waals surface area contributed by atoms with E-state index < -0.39 is 10.8 Å². The lowest BCUT2D eigenvalue weighted by molar-refractivity contribution is -0.384. The van der Waals surface area contributed by atoms with Crippen LogP contribution in [0.5, 0.6) is 0 Å². The second-order valence-corrected chi connectivity index (χ2v) is 5.09. The first kappa shape index (κ1) is 14.4. The van der Waals surface area contributed by atoms with Crippen LogP contribution in [0.25, 0.3) is 0 Å². The zero-order valence-corrected chi connectivity index (χ0v) is 12.2. The molecule has 8 heteroatoms. The van der Waals surface area contributed by atoms with Gasteiger partial charge in [0.15, 0.2) is 0 Å². The van der Waals surface area contributed by atoms with E-state index >= 15 is 0 Å². The lowest BCUT2D eigenvalue weighted by Gasteiger charge is -2.07. The number of hydrogen-bond acceptors (Lipinski definition) is 4. The number of benzene rings is 1. The second-order valence-electron chi connectivity index (χ2n) is 3.77. The smallest absolute Gasteiger partial charge is 0.271 e. The zero-order valence-electron chi connectivity index (χ0n) is 9.84. The Morgan fingerprint density at radius 3 is 2.70 bits per heavy atom. The molecule has 0 fully saturated rings. The van der Waals surface area contributed by atoms with Gasteiger partial charge in [-0.1, -0.05) is 11.6 Å². The van der Waals surface area contributed by atoms with E-state index in [9.17, 15) is 14.9 Å². The summed E-state index contributed by atoms with van der Waals surface area (Å²) in [6, 6.07) is 5.42. The molecule has 2 rings (SSSR count). The van der Waals surface area contributed by atoms with Crippen LogP contribution in [0.15, 0.2) is 41.1 Å². The highest BCUT2D eigenvalue weighted by atomic mass is 79.9. The molecule has 102 valence electrons. The van der Waals surface area contributed by atoms with Crippen LogP contribution in [0.1, 0.15) is 10.4 Å². The summed E-state index contributed by atoms with van der Waals surface area (Å²) in [5.41, 5.74) is 0.494. The summed E-state index contributed by atoms with van der Waals surface area (Å²) in [5, 5.41) is 13.3. The Hall–Kier alpha value is -1.99. The highest BCUT2D eigenvalue weighted by Gasteiger charge is 2.13. The van der Waals surface area contributed by atoms with Crippen LogP contribution in [0.4, 0.5) is 11.4 Å². The number of rotatable bonds is 3. The van der Waals surface area contributed by atoms with Crippen LogP contribution >= 0.6 is 27.5 Å². The standard InChI is InChI=1S/C12H7BrClN3O3/c13-8-3-7(5-15-6-8)12(18)16-11-2-1-9(17(19)20)4-10(11)14/h1-6H,(H,16,18). The van der Waals surface area contributed by atoms with Gasteiger partial charge in [0.2, 0.25) is 0 Å². The number of nitro benzene ring substituents is 1. The molecule has 2 aromatic rings. The summed E-state index contributed by atoms with van der Waals surface area (Å²) in [6.07, 6.45) is 2.95. The summed E-state index contributed by atoms with van der Waals surface area (Å²) < 4.78 is 0.667. The average Bonchev–Trinajstić information content (AvgIpc) is 2.40. The maximum atomic E-state index is 12.0. The fourth-order valence-electron chi connectivity index (χ4n) is 1.45. The Balaban J connectivity index is 2.22. The molecule has 1 aromatic carbocycles. The van der Waals surface area contributed by atoms with Gasteiger partial charge in [0.05, 0.1) is 21.2 Å². The summed E-state index contributed by atoms with van der Waals surface area (Å²) in [7, 11) is 0. The Labute approximate surface area is 127 Å². The van der Waals surface area contributed by atoms with Gasteiger partial charge in [0.1, 0.15) is 0 Å². The number of nitro groups is 1. The molecule has 0 aliphatic carbocycles. The predicted molar refractivity (Wildman–Crippen MR) is 78.0 cm³/mol. The first-order valence-corrected chi connectivity index (χ1v) is 6.50. The summed E-state index contributed by atoms with van der Waals surface area (Å²) in [4.78, 5) is 25.9. The number of pyridine rings is 1. The van der Waals surface area contributed by atoms with E-state index in [1.54, 1.807) is 12.3 Å². The number of hydrogen-bond donors (Lipinski definition) is 1. The highest BCUT2D eigenvalue weighted by molar-refractivity contribution is 9.10. The average molecular weight is 357 g/mol. The van der Waals surface area contributed by atoms with Crippen molar-refractivity contribution in [3.05, 3.63) is 61.8 Å². The molecular formula is C12H7BrClN3O3. The van der Waals surface area contributed by atoms with Gasteiger partial charge >= 0.3 is 0 Å². The largest absolute Gasteiger partial charge is 0.321 e. The van der Waals surface area contributed by atoms with Crippen LogP contribution in [-0.4, -0.2) is 15.8 Å². The zero-order chi connectivity index (χ0) is 14.7. The Morgan fingerprint density at radius 2 is 2.10 bits per heavy atom. The van der Waals surface area contributed by atoms with Crippen molar-refractivity contribution in [1.29, 1.82) is 0 Å². The number of carbonyl (C=O) groups excluding carboxylic acids is 1. The third-order valence-electron chi connectivity index (χ3n) is 2.38. The third-order valence-corrected chi connectivity index (χ3v) is 3.13. The normalized spacial score (nSPS) is 10.1. The Kier molecular flexibility index (Phi) is 4.31. The number of halogens is 2. The molecule has 0 aliphatic heterocycles. The van der Waals surface area contributed by atoms with Crippen molar-refractivity contribution in [1.82, 2.24) is 4.98 Å². The minimum atomic E-state index is -0.560. The molecule has 0 radical (unpaired) electrons. The molecule has 0 aliphatic rings. The number of carbonyl (C=O) groups is 1. The van der Waals surface area contributed by atoms with Crippen molar-refractivity contribution in [2.24, 2.45) is 0 Å². The molecule has 0 spiro atoms. The molecule has 1 aromatic heterocycles. The molecule has 0 saturated heterocycles. The van der Waals surface area contributed by atoms with Crippen molar-refractivity contribution in [3.8, 4) is 0 Å². The van der Waals surface area contributed by atoms with Crippen LogP contribution in [0.3, 0.4) is 0 Å². The molecule has 0 saturated carbocycles. The van der Waals surface area contributed by atoms with Crippen molar-refractivity contribution in [3.63, 3.8) is 0 Å². The first-order chi connectivity index (χ1) is 9.47. The molecule has 0 bridgehead atoms. The van der Waals surface area contributed by atoms with Crippen LogP contribution in [0, 0.1) is 10.1 Å². The van der Waals surface area contributed by atoms with Crippen molar-refractivity contribution < 1.29 is 9.72 Å². The summed E-state index contributed by atoms with van der Waals surface area (Å²) in [6.45, 7) is 0. The van der Waals surface area contributed by atoms with E-state index in [-0.39, 0.29) is 10.7 Å². The van der Waals surface area contributed by atoms with E-state index in [1.165, 1.54) is 24.4 Å². The van der Waals surface area contributed by atoms with Gasteiger partial charge in [-0.15, -0.1) is 0 Å².